The van der Waals surface area contributed by atoms with E-state index in [9.17, 15) is 19.3 Å². The molecule has 1 atom stereocenters. The van der Waals surface area contributed by atoms with Crippen LogP contribution in [-0.4, -0.2) is 48.0 Å². The summed E-state index contributed by atoms with van der Waals surface area (Å²) in [4.78, 5) is 29.3. The molecule has 0 aliphatic rings. The van der Waals surface area contributed by atoms with Gasteiger partial charge in [-0.1, -0.05) is 72.3 Å². The Hall–Kier alpha value is -4.02. The predicted octanol–water partition coefficient (Wildman–Crippen LogP) is 6.74. The van der Waals surface area contributed by atoms with Gasteiger partial charge in [-0.3, -0.25) is 4.57 Å². The highest BCUT2D eigenvalue weighted by molar-refractivity contribution is 7.25. The summed E-state index contributed by atoms with van der Waals surface area (Å²) in [6.07, 6.45) is -1.26. The molecule has 0 unspecified atom stereocenters. The highest BCUT2D eigenvalue weighted by Gasteiger charge is 2.34. The Bertz CT molecular complexity index is 1370. The molecule has 0 aliphatic carbocycles. The van der Waals surface area contributed by atoms with Crippen LogP contribution < -0.4 is 10.6 Å². The van der Waals surface area contributed by atoms with Crippen molar-refractivity contribution in [3.8, 4) is 0 Å². The van der Waals surface area contributed by atoms with Gasteiger partial charge in [0.1, 0.15) is 19.3 Å². The van der Waals surface area contributed by atoms with Crippen molar-refractivity contribution in [3.05, 3.63) is 95.0 Å². The number of hydrogen-bond donors (Lipinski definition) is 3. The second-order valence-electron chi connectivity index (χ2n) is 8.91. The molecular formula is C30H33ClN3O8P. The van der Waals surface area contributed by atoms with E-state index in [2.05, 4.69) is 15.6 Å². The Labute approximate surface area is 256 Å². The average Bonchev–Trinajstić information content (AvgIpc) is 3.01. The largest absolute Gasteiger partial charge is 0.480 e. The van der Waals surface area contributed by atoms with E-state index in [1.807, 2.05) is 36.4 Å². The summed E-state index contributed by atoms with van der Waals surface area (Å²) in [6, 6.07) is 21.4. The number of rotatable bonds is 16. The molecule has 3 N–H and O–H groups in total. The maximum atomic E-state index is 12.5. The summed E-state index contributed by atoms with van der Waals surface area (Å²) in [5.74, 6) is -1.35. The molecule has 0 aromatic heterocycles. The smallest absolute Gasteiger partial charge is 0.408 e. The van der Waals surface area contributed by atoms with Crippen LogP contribution in [0.3, 0.4) is 0 Å². The fourth-order valence-electron chi connectivity index (χ4n) is 3.75. The molecule has 13 heteroatoms. The molecule has 43 heavy (non-hydrogen) atoms. The molecule has 0 saturated heterocycles. The molecule has 0 spiro atoms. The zero-order valence-corrected chi connectivity index (χ0v) is 25.3. The first kappa shape index (κ1) is 33.5. The van der Waals surface area contributed by atoms with E-state index in [4.69, 9.17) is 30.5 Å². The van der Waals surface area contributed by atoms with Crippen LogP contribution in [0.4, 0.5) is 16.2 Å². The molecule has 0 fully saturated rings. The summed E-state index contributed by atoms with van der Waals surface area (Å²) in [5, 5.41) is 15.6. The first-order valence-corrected chi connectivity index (χ1v) is 14.6. The van der Waals surface area contributed by atoms with Crippen molar-refractivity contribution < 1.29 is 38.2 Å². The number of alkyl carbamates (subject to hydrolysis) is 1. The van der Waals surface area contributed by atoms with Gasteiger partial charge < -0.3 is 34.7 Å². The van der Waals surface area contributed by atoms with E-state index in [1.54, 1.807) is 50.2 Å². The van der Waals surface area contributed by atoms with Gasteiger partial charge in [-0.05, 0) is 43.2 Å². The van der Waals surface area contributed by atoms with Gasteiger partial charge in [0.05, 0.1) is 17.8 Å². The number of carboxylic acids is 1. The minimum Gasteiger partial charge on any atom is -0.480 e. The zero-order chi connectivity index (χ0) is 31.1. The lowest BCUT2D eigenvalue weighted by Crippen LogP contribution is -2.42. The number of aliphatic imine (C=N–C) groups is 1. The van der Waals surface area contributed by atoms with Crippen LogP contribution in [0.15, 0.2) is 83.9 Å². The van der Waals surface area contributed by atoms with Gasteiger partial charge in [-0.15, -0.1) is 0 Å². The van der Waals surface area contributed by atoms with Crippen molar-refractivity contribution in [3.63, 3.8) is 0 Å². The number of nitrogens with one attached hydrogen (secondary N) is 2. The highest BCUT2D eigenvalue weighted by atomic mass is 35.5. The third-order valence-electron chi connectivity index (χ3n) is 5.73. The molecular weight excluding hydrogens is 597 g/mol. The van der Waals surface area contributed by atoms with Crippen LogP contribution in [0.25, 0.3) is 0 Å². The van der Waals surface area contributed by atoms with E-state index in [0.717, 1.165) is 11.1 Å². The first-order valence-electron chi connectivity index (χ1n) is 13.4. The molecule has 228 valence electrons. The van der Waals surface area contributed by atoms with E-state index in [1.165, 1.54) is 6.07 Å². The third kappa shape index (κ3) is 11.0. The van der Waals surface area contributed by atoms with Crippen LogP contribution in [-0.2, 0) is 41.5 Å². The summed E-state index contributed by atoms with van der Waals surface area (Å²) in [5.41, 5.74) is 0.377. The van der Waals surface area contributed by atoms with Crippen molar-refractivity contribution in [1.82, 2.24) is 5.32 Å². The van der Waals surface area contributed by atoms with Crippen LogP contribution >= 0.6 is 20.1 Å². The number of carboxylic acid groups (broad SMARTS) is 1. The molecule has 0 heterocycles. The van der Waals surface area contributed by atoms with Crippen molar-refractivity contribution in [2.75, 3.05) is 18.5 Å². The van der Waals surface area contributed by atoms with Gasteiger partial charge in [0.15, 0.2) is 5.90 Å². The average molecular weight is 630 g/mol. The minimum atomic E-state index is -1.71. The number of carbonyl (C=O) groups is 2. The molecule has 0 aliphatic heterocycles. The fourth-order valence-corrected chi connectivity index (χ4v) is 4.44. The molecule has 0 radical (unpaired) electrons. The number of carbonyl (C=O) groups excluding carboxylic acids is 1. The number of hydrogen-bond acceptors (Lipinski definition) is 9. The Morgan fingerprint density at radius 3 is 2.05 bits per heavy atom. The second-order valence-corrected chi connectivity index (χ2v) is 10.1. The van der Waals surface area contributed by atoms with Crippen LogP contribution in [0.1, 0.15) is 31.4 Å². The number of amides is 1. The summed E-state index contributed by atoms with van der Waals surface area (Å²) in [7, 11) is -0.491. The SMILES string of the molecule is CCOC(Nc1ccc(Cl)cc1N=C(C[C@@H](NC(=O)OCc1ccccc1)C(=O)O)OCc1ccccc1)(OCC)P=O. The highest BCUT2D eigenvalue weighted by Crippen LogP contribution is 2.35. The third-order valence-corrected chi connectivity index (χ3v) is 6.57. The van der Waals surface area contributed by atoms with Gasteiger partial charge in [-0.2, -0.15) is 0 Å². The predicted molar refractivity (Wildman–Crippen MR) is 163 cm³/mol. The minimum absolute atomic E-state index is 0.0250. The van der Waals surface area contributed by atoms with Gasteiger partial charge in [0, 0.05) is 18.2 Å². The number of nitrogens with zero attached hydrogens (tertiary/aromatic N) is 1. The van der Waals surface area contributed by atoms with Crippen molar-refractivity contribution in [2.24, 2.45) is 4.99 Å². The van der Waals surface area contributed by atoms with Crippen molar-refractivity contribution in [2.45, 2.75) is 45.2 Å². The molecule has 0 saturated carbocycles. The molecule has 3 rings (SSSR count). The lowest BCUT2D eigenvalue weighted by atomic mass is 10.2. The fraction of sp³-hybridized carbons (Fsp3) is 0.300. The number of aliphatic carboxylic acids is 1. The van der Waals surface area contributed by atoms with Gasteiger partial charge in [0.2, 0.25) is 8.46 Å². The van der Waals surface area contributed by atoms with Gasteiger partial charge in [-0.25, -0.2) is 14.6 Å². The number of benzene rings is 3. The van der Waals surface area contributed by atoms with Crippen molar-refractivity contribution in [1.29, 1.82) is 0 Å². The van der Waals surface area contributed by atoms with E-state index in [0.29, 0.717) is 10.7 Å². The topological polar surface area (TPSA) is 145 Å². The summed E-state index contributed by atoms with van der Waals surface area (Å²) >= 11 is 6.28. The Balaban J connectivity index is 1.91. The quantitative estimate of drug-likeness (QED) is 0.0678. The Morgan fingerprint density at radius 1 is 0.930 bits per heavy atom. The monoisotopic (exact) mass is 629 g/mol. The van der Waals surface area contributed by atoms with E-state index in [-0.39, 0.29) is 44.4 Å². The number of anilines is 1. The normalized spacial score (nSPS) is 12.4. The summed E-state index contributed by atoms with van der Waals surface area (Å²) in [6.45, 7) is 3.84. The Kier molecular flexibility index (Phi) is 13.4. The molecule has 3 aromatic carbocycles. The zero-order valence-electron chi connectivity index (χ0n) is 23.7. The first-order chi connectivity index (χ1) is 20.8. The lowest BCUT2D eigenvalue weighted by molar-refractivity contribution is -0.150. The molecule has 0 bridgehead atoms. The Morgan fingerprint density at radius 2 is 1.51 bits per heavy atom. The molecule has 1 amide bonds. The van der Waals surface area contributed by atoms with Crippen molar-refractivity contribution >= 4 is 49.4 Å². The van der Waals surface area contributed by atoms with E-state index >= 15 is 0 Å². The molecule has 3 aromatic rings. The van der Waals surface area contributed by atoms with Gasteiger partial charge in [0.25, 0.3) is 0 Å². The van der Waals surface area contributed by atoms with Crippen LogP contribution in [0.2, 0.25) is 5.02 Å². The lowest BCUT2D eigenvalue weighted by Gasteiger charge is -2.28. The van der Waals surface area contributed by atoms with Gasteiger partial charge >= 0.3 is 17.7 Å². The second kappa shape index (κ2) is 17.2. The number of ether oxygens (including phenoxy) is 4. The molecule has 11 nitrogen and oxygen atoms in total. The van der Waals surface area contributed by atoms with Crippen LogP contribution in [0.5, 0.6) is 0 Å². The van der Waals surface area contributed by atoms with Crippen LogP contribution in [0, 0.1) is 0 Å². The summed E-state index contributed by atoms with van der Waals surface area (Å²) < 4.78 is 34.5. The van der Waals surface area contributed by atoms with E-state index < -0.39 is 32.2 Å². The number of halogens is 1. The maximum Gasteiger partial charge on any atom is 0.408 e. The maximum absolute atomic E-state index is 12.5. The standard InChI is InChI=1S/C30H33ClN3O8P/c1-3-41-30(43-38,42-4-2)34-24-16-15-23(31)17-25(24)32-27(39-19-21-11-7-5-8-12-21)18-26(28(35)36)33-29(37)40-20-22-13-9-6-10-14-22/h5-17,26,34H,3-4,18-20H2,1-2H3,(H,33,37)(H,35,36)/t26-/m1/s1.